The monoisotopic (exact) mass is 376 g/mol. The SMILES string of the molecule is CCCC1CCC(C2CCC(C3CCC(C(=O)OCC)C(=O)C3)CC2)CC1. The highest BCUT2D eigenvalue weighted by Crippen LogP contribution is 2.45. The molecular formula is C24H40O3. The summed E-state index contributed by atoms with van der Waals surface area (Å²) in [4.78, 5) is 24.4. The van der Waals surface area contributed by atoms with E-state index in [1.165, 1.54) is 64.2 Å². The lowest BCUT2D eigenvalue weighted by molar-refractivity contribution is -0.153. The fourth-order valence-electron chi connectivity index (χ4n) is 6.38. The van der Waals surface area contributed by atoms with Gasteiger partial charge in [-0.3, -0.25) is 9.59 Å². The second-order valence-electron chi connectivity index (χ2n) is 9.56. The first-order valence-electron chi connectivity index (χ1n) is 11.8. The number of ketones is 1. The molecule has 3 rings (SSSR count). The normalized spacial score (nSPS) is 37.8. The van der Waals surface area contributed by atoms with E-state index in [0.29, 0.717) is 31.3 Å². The molecule has 0 spiro atoms. The number of carbonyl (C=O) groups excluding carboxylic acids is 2. The second-order valence-corrected chi connectivity index (χ2v) is 9.56. The smallest absolute Gasteiger partial charge is 0.316 e. The Morgan fingerprint density at radius 1 is 0.815 bits per heavy atom. The number of esters is 1. The van der Waals surface area contributed by atoms with Crippen molar-refractivity contribution in [3.05, 3.63) is 0 Å². The van der Waals surface area contributed by atoms with Crippen molar-refractivity contribution in [1.29, 1.82) is 0 Å². The first-order valence-corrected chi connectivity index (χ1v) is 11.8. The van der Waals surface area contributed by atoms with E-state index in [1.54, 1.807) is 0 Å². The van der Waals surface area contributed by atoms with E-state index in [9.17, 15) is 9.59 Å². The summed E-state index contributed by atoms with van der Waals surface area (Å²) in [6.45, 7) is 4.50. The van der Waals surface area contributed by atoms with Crippen LogP contribution < -0.4 is 0 Å². The zero-order chi connectivity index (χ0) is 19.2. The van der Waals surface area contributed by atoms with Crippen molar-refractivity contribution in [3.63, 3.8) is 0 Å². The standard InChI is InChI=1S/C24H40O3/c1-3-5-17-6-8-18(9-7-17)19-10-12-20(13-11-19)21-14-15-22(23(25)16-21)24(26)27-4-2/h17-22H,3-16H2,1-2H3. The predicted molar refractivity (Wildman–Crippen MR) is 108 cm³/mol. The minimum atomic E-state index is -0.476. The molecule has 0 saturated heterocycles. The summed E-state index contributed by atoms with van der Waals surface area (Å²) >= 11 is 0. The highest BCUT2D eigenvalue weighted by molar-refractivity contribution is 5.99. The Morgan fingerprint density at radius 3 is 1.85 bits per heavy atom. The molecule has 0 aliphatic heterocycles. The van der Waals surface area contributed by atoms with Gasteiger partial charge < -0.3 is 4.74 Å². The predicted octanol–water partition coefficient (Wildman–Crippen LogP) is 5.95. The van der Waals surface area contributed by atoms with Crippen molar-refractivity contribution in [2.24, 2.45) is 35.5 Å². The van der Waals surface area contributed by atoms with Crippen LogP contribution in [-0.4, -0.2) is 18.4 Å². The molecule has 3 aliphatic carbocycles. The molecular weight excluding hydrogens is 336 g/mol. The summed E-state index contributed by atoms with van der Waals surface area (Å²) in [5.41, 5.74) is 0. The van der Waals surface area contributed by atoms with E-state index in [2.05, 4.69) is 6.92 Å². The Kier molecular flexibility index (Phi) is 7.78. The molecule has 3 fully saturated rings. The molecule has 0 aromatic rings. The third-order valence-corrected chi connectivity index (χ3v) is 7.99. The van der Waals surface area contributed by atoms with Crippen molar-refractivity contribution >= 4 is 11.8 Å². The zero-order valence-electron chi connectivity index (χ0n) is 17.6. The first-order chi connectivity index (χ1) is 13.1. The maximum absolute atomic E-state index is 12.5. The van der Waals surface area contributed by atoms with Gasteiger partial charge >= 0.3 is 5.97 Å². The third kappa shape index (κ3) is 5.35. The molecule has 3 heteroatoms. The van der Waals surface area contributed by atoms with Gasteiger partial charge in [0.15, 0.2) is 0 Å². The molecule has 0 aromatic carbocycles. The molecule has 0 bridgehead atoms. The molecule has 0 N–H and O–H groups in total. The molecule has 0 radical (unpaired) electrons. The van der Waals surface area contributed by atoms with Crippen LogP contribution in [-0.2, 0) is 14.3 Å². The fraction of sp³-hybridized carbons (Fsp3) is 0.917. The topological polar surface area (TPSA) is 43.4 Å². The molecule has 3 aliphatic rings. The van der Waals surface area contributed by atoms with E-state index in [0.717, 1.165) is 24.2 Å². The third-order valence-electron chi connectivity index (χ3n) is 7.99. The van der Waals surface area contributed by atoms with Crippen LogP contribution in [0.5, 0.6) is 0 Å². The average Bonchev–Trinajstić information content (AvgIpc) is 2.69. The van der Waals surface area contributed by atoms with Gasteiger partial charge in [-0.05, 0) is 87.9 Å². The molecule has 154 valence electrons. The van der Waals surface area contributed by atoms with Gasteiger partial charge in [0.05, 0.1) is 6.61 Å². The van der Waals surface area contributed by atoms with Crippen LogP contribution in [0, 0.1) is 35.5 Å². The van der Waals surface area contributed by atoms with Crippen LogP contribution in [0.15, 0.2) is 0 Å². The summed E-state index contributed by atoms with van der Waals surface area (Å²) < 4.78 is 5.08. The van der Waals surface area contributed by atoms with Crippen LogP contribution in [0.4, 0.5) is 0 Å². The lowest BCUT2D eigenvalue weighted by atomic mass is 9.64. The van der Waals surface area contributed by atoms with Crippen molar-refractivity contribution in [2.45, 2.75) is 97.3 Å². The summed E-state index contributed by atoms with van der Waals surface area (Å²) in [5, 5.41) is 0. The van der Waals surface area contributed by atoms with Crippen LogP contribution in [0.3, 0.4) is 0 Å². The minimum absolute atomic E-state index is 0.140. The van der Waals surface area contributed by atoms with Crippen molar-refractivity contribution in [1.82, 2.24) is 0 Å². The molecule has 2 unspecified atom stereocenters. The van der Waals surface area contributed by atoms with Gasteiger partial charge in [0.25, 0.3) is 0 Å². The summed E-state index contributed by atoms with van der Waals surface area (Å²) in [7, 11) is 0. The van der Waals surface area contributed by atoms with Crippen LogP contribution in [0.2, 0.25) is 0 Å². The first kappa shape index (κ1) is 20.9. The van der Waals surface area contributed by atoms with Crippen LogP contribution >= 0.6 is 0 Å². The Bertz CT molecular complexity index is 484. The highest BCUT2D eigenvalue weighted by Gasteiger charge is 2.39. The zero-order valence-corrected chi connectivity index (χ0v) is 17.6. The largest absolute Gasteiger partial charge is 0.465 e. The maximum atomic E-state index is 12.5. The summed E-state index contributed by atoms with van der Waals surface area (Å²) in [5.74, 6) is 3.52. The van der Waals surface area contributed by atoms with Crippen LogP contribution in [0.25, 0.3) is 0 Å². The van der Waals surface area contributed by atoms with Gasteiger partial charge in [-0.15, -0.1) is 0 Å². The molecule has 0 amide bonds. The molecule has 0 heterocycles. The van der Waals surface area contributed by atoms with E-state index >= 15 is 0 Å². The average molecular weight is 377 g/mol. The molecule has 3 saturated carbocycles. The second kappa shape index (κ2) is 10.1. The number of hydrogen-bond acceptors (Lipinski definition) is 3. The number of Topliss-reactive ketones (excluding diaryl/α,β-unsaturated/α-hetero) is 1. The number of hydrogen-bond donors (Lipinski definition) is 0. The van der Waals surface area contributed by atoms with Crippen molar-refractivity contribution in [2.75, 3.05) is 6.61 Å². The molecule has 3 nitrogen and oxygen atoms in total. The van der Waals surface area contributed by atoms with Crippen molar-refractivity contribution in [3.8, 4) is 0 Å². The van der Waals surface area contributed by atoms with Crippen LogP contribution in [0.1, 0.15) is 97.3 Å². The maximum Gasteiger partial charge on any atom is 0.316 e. The Morgan fingerprint density at radius 2 is 1.33 bits per heavy atom. The van der Waals surface area contributed by atoms with E-state index in [1.807, 2.05) is 6.92 Å². The minimum Gasteiger partial charge on any atom is -0.465 e. The quantitative estimate of drug-likeness (QED) is 0.425. The number of carbonyl (C=O) groups is 2. The van der Waals surface area contributed by atoms with E-state index in [4.69, 9.17) is 4.74 Å². The van der Waals surface area contributed by atoms with Gasteiger partial charge in [-0.25, -0.2) is 0 Å². The Balaban J connectivity index is 1.41. The molecule has 2 atom stereocenters. The number of rotatable bonds is 6. The summed E-state index contributed by atoms with van der Waals surface area (Å²) in [6, 6.07) is 0. The fourth-order valence-corrected chi connectivity index (χ4v) is 6.38. The van der Waals surface area contributed by atoms with Gasteiger partial charge in [-0.2, -0.15) is 0 Å². The summed E-state index contributed by atoms with van der Waals surface area (Å²) in [6.07, 6.45) is 16.3. The lowest BCUT2D eigenvalue weighted by Crippen LogP contribution is -2.36. The van der Waals surface area contributed by atoms with Gasteiger partial charge in [0, 0.05) is 6.42 Å². The Hall–Kier alpha value is -0.860. The van der Waals surface area contributed by atoms with Gasteiger partial charge in [0.2, 0.25) is 0 Å². The van der Waals surface area contributed by atoms with Gasteiger partial charge in [-0.1, -0.05) is 32.6 Å². The van der Waals surface area contributed by atoms with Gasteiger partial charge in [0.1, 0.15) is 11.7 Å². The van der Waals surface area contributed by atoms with E-state index < -0.39 is 5.92 Å². The lowest BCUT2D eigenvalue weighted by Gasteiger charge is -2.41. The number of ether oxygens (including phenoxy) is 1. The Labute approximate surface area is 166 Å². The van der Waals surface area contributed by atoms with Crippen molar-refractivity contribution < 1.29 is 14.3 Å². The molecule has 0 aromatic heterocycles. The van der Waals surface area contributed by atoms with E-state index in [-0.39, 0.29) is 11.8 Å². The molecule has 27 heavy (non-hydrogen) atoms. The highest BCUT2D eigenvalue weighted by atomic mass is 16.5.